The van der Waals surface area contributed by atoms with Gasteiger partial charge >= 0.3 is 7.69 Å². The van der Waals surface area contributed by atoms with Gasteiger partial charge in [0.15, 0.2) is 0 Å². The summed E-state index contributed by atoms with van der Waals surface area (Å²) in [7, 11) is -0.0534. The molecule has 0 aliphatic carbocycles. The van der Waals surface area contributed by atoms with Gasteiger partial charge in [0.1, 0.15) is 23.0 Å². The SMILES string of the molecule is Oc1ccc(OBOc2ccc(O)c(Cl)c2)cc1Cl. The van der Waals surface area contributed by atoms with Gasteiger partial charge in [-0.1, -0.05) is 23.2 Å². The zero-order valence-corrected chi connectivity index (χ0v) is 11.1. The number of phenolic OH excluding ortho intramolecular Hbond substituents is 2. The molecule has 4 nitrogen and oxygen atoms in total. The molecular weight excluding hydrogens is 290 g/mol. The number of halogens is 2. The van der Waals surface area contributed by atoms with E-state index in [0.29, 0.717) is 11.5 Å². The van der Waals surface area contributed by atoms with Crippen LogP contribution in [0.4, 0.5) is 0 Å². The Bertz CT molecular complexity index is 540. The first kappa shape index (κ1) is 13.7. The molecule has 7 heteroatoms. The zero-order valence-electron chi connectivity index (χ0n) is 9.64. The first-order valence-corrected chi connectivity index (χ1v) is 6.04. The van der Waals surface area contributed by atoms with Crippen LogP contribution in [0, 0.1) is 0 Å². The summed E-state index contributed by atoms with van der Waals surface area (Å²) >= 11 is 11.5. The van der Waals surface area contributed by atoms with Crippen LogP contribution in [0.2, 0.25) is 10.0 Å². The van der Waals surface area contributed by atoms with Crippen molar-refractivity contribution in [3.8, 4) is 23.0 Å². The molecule has 0 fully saturated rings. The highest BCUT2D eigenvalue weighted by atomic mass is 35.5. The van der Waals surface area contributed by atoms with E-state index in [4.69, 9.17) is 32.5 Å². The lowest BCUT2D eigenvalue weighted by Gasteiger charge is -2.08. The molecule has 0 saturated heterocycles. The summed E-state index contributed by atoms with van der Waals surface area (Å²) < 4.78 is 10.6. The fourth-order valence-corrected chi connectivity index (χ4v) is 1.66. The van der Waals surface area contributed by atoms with Crippen LogP contribution < -0.4 is 9.31 Å². The Hall–Kier alpha value is -1.72. The van der Waals surface area contributed by atoms with Gasteiger partial charge in [0.25, 0.3) is 0 Å². The third kappa shape index (κ3) is 3.62. The van der Waals surface area contributed by atoms with Gasteiger partial charge < -0.3 is 19.5 Å². The van der Waals surface area contributed by atoms with Crippen LogP contribution in [0.15, 0.2) is 36.4 Å². The summed E-state index contributed by atoms with van der Waals surface area (Å²) in [6, 6.07) is 8.93. The average molecular weight is 299 g/mol. The van der Waals surface area contributed by atoms with Crippen molar-refractivity contribution in [2.24, 2.45) is 0 Å². The maximum Gasteiger partial charge on any atom is 0.576 e. The summed E-state index contributed by atoms with van der Waals surface area (Å²) in [6.45, 7) is 0. The van der Waals surface area contributed by atoms with Crippen LogP contribution in [0.1, 0.15) is 0 Å². The molecule has 19 heavy (non-hydrogen) atoms. The fourth-order valence-electron chi connectivity index (χ4n) is 1.32. The molecule has 0 saturated carbocycles. The van der Waals surface area contributed by atoms with Gasteiger partial charge in [-0.05, 0) is 24.3 Å². The molecule has 2 rings (SSSR count). The minimum absolute atomic E-state index is 0.0137. The zero-order chi connectivity index (χ0) is 13.8. The lowest BCUT2D eigenvalue weighted by Crippen LogP contribution is -2.10. The van der Waals surface area contributed by atoms with Crippen molar-refractivity contribution in [2.75, 3.05) is 0 Å². The van der Waals surface area contributed by atoms with Gasteiger partial charge in [-0.3, -0.25) is 0 Å². The van der Waals surface area contributed by atoms with Gasteiger partial charge in [-0.25, -0.2) is 0 Å². The van der Waals surface area contributed by atoms with E-state index in [-0.39, 0.29) is 29.2 Å². The number of rotatable bonds is 4. The Balaban J connectivity index is 1.92. The van der Waals surface area contributed by atoms with Crippen molar-refractivity contribution in [1.29, 1.82) is 0 Å². The molecule has 0 heterocycles. The first-order valence-electron chi connectivity index (χ1n) is 5.29. The monoisotopic (exact) mass is 298 g/mol. The van der Waals surface area contributed by atoms with Crippen LogP contribution in [0.5, 0.6) is 23.0 Å². The summed E-state index contributed by atoms with van der Waals surface area (Å²) in [5, 5.41) is 18.9. The van der Waals surface area contributed by atoms with Gasteiger partial charge in [-0.2, -0.15) is 0 Å². The van der Waals surface area contributed by atoms with E-state index >= 15 is 0 Å². The summed E-state index contributed by atoms with van der Waals surface area (Å²) in [5.41, 5.74) is 0. The predicted molar refractivity (Wildman–Crippen MR) is 74.6 cm³/mol. The molecule has 0 aromatic heterocycles. The Morgan fingerprint density at radius 3 is 1.58 bits per heavy atom. The second kappa shape index (κ2) is 5.95. The lowest BCUT2D eigenvalue weighted by atomic mass is 10.3. The van der Waals surface area contributed by atoms with Gasteiger partial charge in [-0.15, -0.1) is 0 Å². The third-order valence-electron chi connectivity index (χ3n) is 2.29. The second-order valence-electron chi connectivity index (χ2n) is 3.63. The van der Waals surface area contributed by atoms with Crippen molar-refractivity contribution in [3.63, 3.8) is 0 Å². The van der Waals surface area contributed by atoms with E-state index in [1.165, 1.54) is 24.3 Å². The van der Waals surface area contributed by atoms with Crippen LogP contribution in [-0.4, -0.2) is 17.9 Å². The molecule has 0 amide bonds. The number of hydrogen-bond acceptors (Lipinski definition) is 4. The summed E-state index contributed by atoms with van der Waals surface area (Å²) in [6.07, 6.45) is 0. The van der Waals surface area contributed by atoms with Crippen molar-refractivity contribution in [1.82, 2.24) is 0 Å². The lowest BCUT2D eigenvalue weighted by molar-refractivity contribution is 0.450. The van der Waals surface area contributed by atoms with Crippen molar-refractivity contribution < 1.29 is 19.5 Å². The normalized spacial score (nSPS) is 10.0. The molecule has 98 valence electrons. The molecule has 2 aromatic carbocycles. The number of aromatic hydroxyl groups is 2. The Morgan fingerprint density at radius 2 is 1.21 bits per heavy atom. The van der Waals surface area contributed by atoms with Gasteiger partial charge in [0.2, 0.25) is 0 Å². The van der Waals surface area contributed by atoms with Crippen LogP contribution >= 0.6 is 23.2 Å². The molecule has 0 aliphatic heterocycles. The molecule has 0 aliphatic rings. The molecule has 0 atom stereocenters. The smallest absolute Gasteiger partial charge is 0.528 e. The Labute approximate surface area is 120 Å². The Kier molecular flexibility index (Phi) is 4.29. The van der Waals surface area contributed by atoms with E-state index in [1.54, 1.807) is 12.1 Å². The van der Waals surface area contributed by atoms with E-state index < -0.39 is 0 Å². The largest absolute Gasteiger partial charge is 0.576 e. The van der Waals surface area contributed by atoms with Crippen molar-refractivity contribution in [3.05, 3.63) is 46.4 Å². The van der Waals surface area contributed by atoms with Crippen molar-refractivity contribution >= 4 is 30.9 Å². The van der Waals surface area contributed by atoms with Gasteiger partial charge in [0, 0.05) is 12.1 Å². The molecule has 0 radical (unpaired) electrons. The second-order valence-corrected chi connectivity index (χ2v) is 4.45. The number of benzene rings is 2. The molecule has 2 N–H and O–H groups in total. The number of hydrogen-bond donors (Lipinski definition) is 2. The predicted octanol–water partition coefficient (Wildman–Crippen LogP) is 3.13. The quantitative estimate of drug-likeness (QED) is 0.852. The Morgan fingerprint density at radius 1 is 0.789 bits per heavy atom. The van der Waals surface area contributed by atoms with Crippen LogP contribution in [-0.2, 0) is 0 Å². The maximum atomic E-state index is 9.25. The van der Waals surface area contributed by atoms with Crippen molar-refractivity contribution in [2.45, 2.75) is 0 Å². The fraction of sp³-hybridized carbons (Fsp3) is 0. The van der Waals surface area contributed by atoms with E-state index in [0.717, 1.165) is 0 Å². The summed E-state index contributed by atoms with van der Waals surface area (Å²) in [4.78, 5) is 0. The third-order valence-corrected chi connectivity index (χ3v) is 2.89. The van der Waals surface area contributed by atoms with Crippen LogP contribution in [0.3, 0.4) is 0 Å². The molecule has 2 aromatic rings. The highest BCUT2D eigenvalue weighted by Gasteiger charge is 2.05. The number of phenols is 2. The molecule has 0 bridgehead atoms. The minimum Gasteiger partial charge on any atom is -0.528 e. The van der Waals surface area contributed by atoms with Gasteiger partial charge in [0.05, 0.1) is 10.0 Å². The first-order chi connectivity index (χ1) is 9.06. The topological polar surface area (TPSA) is 58.9 Å². The summed E-state index contributed by atoms with van der Waals surface area (Å²) in [5.74, 6) is 0.904. The minimum atomic E-state index is -0.0534. The maximum absolute atomic E-state index is 9.25. The van der Waals surface area contributed by atoms with E-state index in [1.807, 2.05) is 0 Å². The average Bonchev–Trinajstić information content (AvgIpc) is 2.38. The highest BCUT2D eigenvalue weighted by molar-refractivity contribution is 6.32. The van der Waals surface area contributed by atoms with E-state index in [2.05, 4.69) is 0 Å². The standard InChI is InChI=1S/C12H9BCl2O4/c14-9-5-7(1-3-11(9)16)18-13-19-8-2-4-12(17)10(15)6-8/h1-6,13,16-17H. The highest BCUT2D eigenvalue weighted by Crippen LogP contribution is 2.28. The molecule has 0 spiro atoms. The molecular formula is C12H9BCl2O4. The molecule has 0 unspecified atom stereocenters. The van der Waals surface area contributed by atoms with Crippen LogP contribution in [0.25, 0.3) is 0 Å². The van der Waals surface area contributed by atoms with E-state index in [9.17, 15) is 10.2 Å².